The summed E-state index contributed by atoms with van der Waals surface area (Å²) < 4.78 is 38.0. The fourth-order valence-corrected chi connectivity index (χ4v) is 5.92. The maximum Gasteiger partial charge on any atom is 0.243 e. The van der Waals surface area contributed by atoms with Crippen LogP contribution in [0.2, 0.25) is 0 Å². The predicted octanol–water partition coefficient (Wildman–Crippen LogP) is 5.20. The highest BCUT2D eigenvalue weighted by Crippen LogP contribution is 2.30. The Balaban J connectivity index is 1.90. The Labute approximate surface area is 262 Å². The number of carbonyl (C=O) groups excluding carboxylic acids is 2. The lowest BCUT2D eigenvalue weighted by atomic mass is 10.0. The molecule has 238 valence electrons. The maximum atomic E-state index is 14.0. The van der Waals surface area contributed by atoms with E-state index in [2.05, 4.69) is 12.2 Å². The number of anilines is 1. The zero-order valence-corrected chi connectivity index (χ0v) is 27.0. The SMILES string of the molecule is CCCCNC(=O)[C@@H](Cc1ccccc1)N(Cc1cccc(OC)c1)C(=O)CCCN(c1ccccc1OCC)S(C)(=O)=O. The van der Waals surface area contributed by atoms with Gasteiger partial charge in [0.05, 0.1) is 25.7 Å². The minimum absolute atomic E-state index is 0.0420. The van der Waals surface area contributed by atoms with Crippen molar-refractivity contribution in [1.82, 2.24) is 10.2 Å². The zero-order chi connectivity index (χ0) is 32.0. The van der Waals surface area contributed by atoms with Gasteiger partial charge in [0.2, 0.25) is 21.8 Å². The number of sulfonamides is 1. The lowest BCUT2D eigenvalue weighted by Crippen LogP contribution is -2.50. The Morgan fingerprint density at radius 1 is 0.909 bits per heavy atom. The van der Waals surface area contributed by atoms with Gasteiger partial charge < -0.3 is 19.7 Å². The van der Waals surface area contributed by atoms with Crippen molar-refractivity contribution in [3.8, 4) is 11.5 Å². The van der Waals surface area contributed by atoms with Gasteiger partial charge in [-0.15, -0.1) is 0 Å². The normalized spacial score (nSPS) is 11.8. The molecule has 0 spiro atoms. The summed E-state index contributed by atoms with van der Waals surface area (Å²) in [5.74, 6) is 0.643. The number of unbranched alkanes of at least 4 members (excludes halogenated alkanes) is 1. The second-order valence-electron chi connectivity index (χ2n) is 10.6. The first-order valence-corrected chi connectivity index (χ1v) is 17.0. The average molecular weight is 624 g/mol. The third-order valence-corrected chi connectivity index (χ3v) is 8.35. The van der Waals surface area contributed by atoms with Gasteiger partial charge >= 0.3 is 0 Å². The number of nitrogens with one attached hydrogen (secondary N) is 1. The lowest BCUT2D eigenvalue weighted by molar-refractivity contribution is -0.141. The van der Waals surface area contributed by atoms with E-state index in [0.717, 1.165) is 30.2 Å². The molecule has 0 saturated carbocycles. The topological polar surface area (TPSA) is 105 Å². The molecule has 0 aliphatic heterocycles. The van der Waals surface area contributed by atoms with Crippen LogP contribution < -0.4 is 19.1 Å². The van der Waals surface area contributed by atoms with Gasteiger partial charge in [-0.1, -0.05) is 67.9 Å². The van der Waals surface area contributed by atoms with Crippen molar-refractivity contribution in [1.29, 1.82) is 0 Å². The third kappa shape index (κ3) is 10.3. The minimum atomic E-state index is -3.67. The summed E-state index contributed by atoms with van der Waals surface area (Å²) in [5.41, 5.74) is 2.18. The number of amides is 2. The summed E-state index contributed by atoms with van der Waals surface area (Å²) in [6.45, 7) is 5.06. The number of nitrogens with zero attached hydrogens (tertiary/aromatic N) is 2. The number of hydrogen-bond donors (Lipinski definition) is 1. The fraction of sp³-hybridized carbons (Fsp3) is 0.412. The van der Waals surface area contributed by atoms with E-state index in [1.54, 1.807) is 36.3 Å². The van der Waals surface area contributed by atoms with Gasteiger partial charge in [-0.2, -0.15) is 0 Å². The molecule has 44 heavy (non-hydrogen) atoms. The molecule has 0 heterocycles. The standard InChI is InChI=1S/C34H45N3O6S/c1-5-7-22-35-34(39)31(25-27-15-9-8-10-16-27)36(26-28-17-13-18-29(24-28)42-3)33(38)21-14-23-37(44(4,40)41)30-19-11-12-20-32(30)43-6-2/h8-13,15-20,24,31H,5-7,14,21-23,25-26H2,1-4H3,(H,35,39)/t31-/m1/s1. The fourth-order valence-electron chi connectivity index (χ4n) is 4.95. The Bertz CT molecular complexity index is 1450. The zero-order valence-electron chi connectivity index (χ0n) is 26.2. The van der Waals surface area contributed by atoms with Crippen LogP contribution in [0.1, 0.15) is 50.7 Å². The first kappa shape index (κ1) is 34.4. The summed E-state index contributed by atoms with van der Waals surface area (Å²) in [7, 11) is -2.08. The smallest absolute Gasteiger partial charge is 0.243 e. The van der Waals surface area contributed by atoms with E-state index < -0.39 is 16.1 Å². The minimum Gasteiger partial charge on any atom is -0.497 e. The molecule has 0 aliphatic carbocycles. The molecule has 0 aliphatic rings. The largest absolute Gasteiger partial charge is 0.497 e. The molecule has 2 amide bonds. The Hall–Kier alpha value is -4.05. The van der Waals surface area contributed by atoms with E-state index in [-0.39, 0.29) is 37.7 Å². The Morgan fingerprint density at radius 2 is 1.61 bits per heavy atom. The van der Waals surface area contributed by atoms with E-state index in [1.165, 1.54) is 4.31 Å². The highest BCUT2D eigenvalue weighted by Gasteiger charge is 2.30. The number of hydrogen-bond acceptors (Lipinski definition) is 6. The predicted molar refractivity (Wildman–Crippen MR) is 174 cm³/mol. The van der Waals surface area contributed by atoms with Crippen LogP contribution in [0.5, 0.6) is 11.5 Å². The summed E-state index contributed by atoms with van der Waals surface area (Å²) in [6, 6.07) is 23.2. The van der Waals surface area contributed by atoms with Crippen LogP contribution >= 0.6 is 0 Å². The van der Waals surface area contributed by atoms with E-state index in [4.69, 9.17) is 9.47 Å². The molecule has 3 aromatic rings. The Kier molecular flexibility index (Phi) is 13.5. The van der Waals surface area contributed by atoms with Gasteiger partial charge in [-0.25, -0.2) is 8.42 Å². The average Bonchev–Trinajstić information content (AvgIpc) is 3.01. The molecule has 1 N–H and O–H groups in total. The van der Waals surface area contributed by atoms with E-state index in [0.29, 0.717) is 36.8 Å². The molecule has 0 unspecified atom stereocenters. The van der Waals surface area contributed by atoms with Crippen molar-refractivity contribution >= 4 is 27.5 Å². The maximum absolute atomic E-state index is 14.0. The van der Waals surface area contributed by atoms with Crippen molar-refractivity contribution in [3.05, 3.63) is 90.0 Å². The second-order valence-corrected chi connectivity index (χ2v) is 12.5. The molecule has 10 heteroatoms. The number of para-hydroxylation sites is 2. The van der Waals surface area contributed by atoms with Gasteiger partial charge in [-0.3, -0.25) is 13.9 Å². The van der Waals surface area contributed by atoms with Gasteiger partial charge in [-0.05, 0) is 55.2 Å². The molecule has 0 radical (unpaired) electrons. The quantitative estimate of drug-likeness (QED) is 0.196. The number of benzene rings is 3. The van der Waals surface area contributed by atoms with Crippen molar-refractivity contribution in [2.75, 3.05) is 37.4 Å². The van der Waals surface area contributed by atoms with E-state index in [9.17, 15) is 18.0 Å². The van der Waals surface area contributed by atoms with Gasteiger partial charge in [0.1, 0.15) is 17.5 Å². The molecule has 3 rings (SSSR count). The van der Waals surface area contributed by atoms with Crippen LogP contribution in [0.15, 0.2) is 78.9 Å². The first-order valence-electron chi connectivity index (χ1n) is 15.1. The molecular formula is C34H45N3O6S. The number of carbonyl (C=O) groups is 2. The van der Waals surface area contributed by atoms with E-state index in [1.807, 2.05) is 61.5 Å². The van der Waals surface area contributed by atoms with Gasteiger partial charge in [0.15, 0.2) is 0 Å². The van der Waals surface area contributed by atoms with E-state index >= 15 is 0 Å². The lowest BCUT2D eigenvalue weighted by Gasteiger charge is -2.32. The first-order chi connectivity index (χ1) is 21.2. The van der Waals surface area contributed by atoms with Crippen molar-refractivity contribution in [3.63, 3.8) is 0 Å². The summed E-state index contributed by atoms with van der Waals surface area (Å²) in [6.07, 6.45) is 3.53. The molecule has 0 aromatic heterocycles. The van der Waals surface area contributed by atoms with Crippen LogP contribution in [-0.4, -0.2) is 64.2 Å². The van der Waals surface area contributed by atoms with Gasteiger partial charge in [0, 0.05) is 32.5 Å². The van der Waals surface area contributed by atoms with Crippen LogP contribution in [0, 0.1) is 0 Å². The monoisotopic (exact) mass is 623 g/mol. The summed E-state index contributed by atoms with van der Waals surface area (Å²) in [5, 5.41) is 3.02. The van der Waals surface area contributed by atoms with Crippen molar-refractivity contribution in [2.45, 2.75) is 58.5 Å². The molecule has 0 fully saturated rings. The summed E-state index contributed by atoms with van der Waals surface area (Å²) in [4.78, 5) is 29.3. The number of methoxy groups -OCH3 is 1. The highest BCUT2D eigenvalue weighted by molar-refractivity contribution is 7.92. The van der Waals surface area contributed by atoms with Crippen molar-refractivity contribution < 1.29 is 27.5 Å². The molecule has 9 nitrogen and oxygen atoms in total. The molecule has 1 atom stereocenters. The molecule has 3 aromatic carbocycles. The number of rotatable bonds is 18. The van der Waals surface area contributed by atoms with Crippen LogP contribution in [0.25, 0.3) is 0 Å². The third-order valence-electron chi connectivity index (χ3n) is 7.17. The highest BCUT2D eigenvalue weighted by atomic mass is 32.2. The molecule has 0 saturated heterocycles. The summed E-state index contributed by atoms with van der Waals surface area (Å²) >= 11 is 0. The van der Waals surface area contributed by atoms with Crippen LogP contribution in [0.3, 0.4) is 0 Å². The molecular weight excluding hydrogens is 578 g/mol. The van der Waals surface area contributed by atoms with Gasteiger partial charge in [0.25, 0.3) is 0 Å². The Morgan fingerprint density at radius 3 is 2.30 bits per heavy atom. The van der Waals surface area contributed by atoms with Crippen LogP contribution in [-0.2, 0) is 32.6 Å². The second kappa shape index (κ2) is 17.3. The van der Waals surface area contributed by atoms with Crippen molar-refractivity contribution in [2.24, 2.45) is 0 Å². The number of ether oxygens (including phenoxy) is 2. The molecule has 0 bridgehead atoms. The van der Waals surface area contributed by atoms with Crippen LogP contribution in [0.4, 0.5) is 5.69 Å².